The predicted molar refractivity (Wildman–Crippen MR) is 92.8 cm³/mol. The Hall–Kier alpha value is -3.69. The second kappa shape index (κ2) is 7.51. The van der Waals surface area contributed by atoms with Crippen molar-refractivity contribution in [3.8, 4) is 5.69 Å². The van der Waals surface area contributed by atoms with Crippen LogP contribution in [0.3, 0.4) is 0 Å². The second-order valence-corrected chi connectivity index (χ2v) is 5.81. The summed E-state index contributed by atoms with van der Waals surface area (Å²) in [5.41, 5.74) is -0.288. The van der Waals surface area contributed by atoms with E-state index in [1.807, 2.05) is 0 Å². The first-order valence-corrected chi connectivity index (χ1v) is 7.97. The maximum atomic E-state index is 12.6. The lowest BCUT2D eigenvalue weighted by Crippen LogP contribution is -2.23. The maximum absolute atomic E-state index is 12.6. The summed E-state index contributed by atoms with van der Waals surface area (Å²) in [6.45, 7) is -0.0198. The molecule has 0 atom stereocenters. The van der Waals surface area contributed by atoms with Crippen LogP contribution in [0.15, 0.2) is 61.2 Å². The molecule has 7 nitrogen and oxygen atoms in total. The number of halogens is 3. The Labute approximate surface area is 156 Å². The zero-order valence-corrected chi connectivity index (χ0v) is 14.2. The van der Waals surface area contributed by atoms with Crippen LogP contribution in [0.5, 0.6) is 0 Å². The zero-order valence-electron chi connectivity index (χ0n) is 14.2. The number of alkyl halides is 3. The van der Waals surface area contributed by atoms with Crippen molar-refractivity contribution in [3.05, 3.63) is 88.0 Å². The number of nitrogens with zero attached hydrogens (tertiary/aromatic N) is 3. The van der Waals surface area contributed by atoms with Gasteiger partial charge in [-0.1, -0.05) is 12.1 Å². The van der Waals surface area contributed by atoms with E-state index in [4.69, 9.17) is 0 Å². The van der Waals surface area contributed by atoms with Gasteiger partial charge in [0.15, 0.2) is 0 Å². The number of hydrogen-bond donors (Lipinski definition) is 1. The van der Waals surface area contributed by atoms with E-state index in [2.05, 4.69) is 10.3 Å². The second-order valence-electron chi connectivity index (χ2n) is 5.81. The molecule has 1 aromatic heterocycles. The molecule has 0 unspecified atom stereocenters. The van der Waals surface area contributed by atoms with Gasteiger partial charge in [0.05, 0.1) is 16.8 Å². The molecule has 0 saturated carbocycles. The molecule has 0 spiro atoms. The molecule has 0 radical (unpaired) electrons. The van der Waals surface area contributed by atoms with Crippen LogP contribution in [-0.2, 0) is 12.7 Å². The molecule has 144 valence electrons. The summed E-state index contributed by atoms with van der Waals surface area (Å²) >= 11 is 0. The molecule has 10 heteroatoms. The molecule has 1 N–H and O–H groups in total. The number of nitro groups is 1. The topological polar surface area (TPSA) is 90.1 Å². The number of amides is 1. The van der Waals surface area contributed by atoms with E-state index in [0.717, 1.165) is 18.2 Å². The molecule has 0 aliphatic heterocycles. The number of nitrogens with one attached hydrogen (secondary N) is 1. The molecule has 3 aromatic rings. The van der Waals surface area contributed by atoms with E-state index in [-0.39, 0.29) is 23.5 Å². The normalized spacial score (nSPS) is 11.2. The van der Waals surface area contributed by atoms with Gasteiger partial charge in [0, 0.05) is 30.6 Å². The number of aromatic nitrogens is 2. The molecule has 1 amide bonds. The van der Waals surface area contributed by atoms with Crippen LogP contribution in [0.2, 0.25) is 0 Å². The molecular weight excluding hydrogens is 377 g/mol. The van der Waals surface area contributed by atoms with E-state index in [9.17, 15) is 28.1 Å². The van der Waals surface area contributed by atoms with Crippen LogP contribution >= 0.6 is 0 Å². The summed E-state index contributed by atoms with van der Waals surface area (Å²) in [6.07, 6.45) is -0.0362. The third kappa shape index (κ3) is 4.17. The molecule has 1 heterocycles. The SMILES string of the molecule is O=C(NCc1ccc(C(F)(F)F)cc1)c1ccc(-n2ccnc2)c([N+](=O)[O-])c1. The average molecular weight is 390 g/mol. The quantitative estimate of drug-likeness (QED) is 0.531. The summed E-state index contributed by atoms with van der Waals surface area (Å²) in [5.74, 6) is -0.583. The fourth-order valence-corrected chi connectivity index (χ4v) is 2.53. The van der Waals surface area contributed by atoms with Crippen molar-refractivity contribution in [1.29, 1.82) is 0 Å². The smallest absolute Gasteiger partial charge is 0.348 e. The van der Waals surface area contributed by atoms with Crippen LogP contribution in [0.4, 0.5) is 18.9 Å². The van der Waals surface area contributed by atoms with Gasteiger partial charge in [-0.15, -0.1) is 0 Å². The Balaban J connectivity index is 1.74. The van der Waals surface area contributed by atoms with Crippen molar-refractivity contribution in [2.75, 3.05) is 0 Å². The van der Waals surface area contributed by atoms with E-state index >= 15 is 0 Å². The minimum atomic E-state index is -4.43. The van der Waals surface area contributed by atoms with Gasteiger partial charge in [-0.05, 0) is 29.8 Å². The van der Waals surface area contributed by atoms with Crippen LogP contribution in [0.25, 0.3) is 5.69 Å². The molecule has 0 bridgehead atoms. The largest absolute Gasteiger partial charge is 0.416 e. The standard InChI is InChI=1S/C18H13F3N4O3/c19-18(20,21)14-4-1-12(2-5-14)10-23-17(26)13-3-6-15(16(9-13)25(27)28)24-8-7-22-11-24/h1-9,11H,10H2,(H,23,26). The number of hydrogen-bond acceptors (Lipinski definition) is 4. The van der Waals surface area contributed by atoms with Crippen molar-refractivity contribution < 1.29 is 22.9 Å². The summed E-state index contributed by atoms with van der Waals surface area (Å²) in [4.78, 5) is 26.8. The molecule has 28 heavy (non-hydrogen) atoms. The number of carbonyl (C=O) groups excluding carboxylic acids is 1. The minimum absolute atomic E-state index is 0.0198. The highest BCUT2D eigenvalue weighted by Crippen LogP contribution is 2.29. The Kier molecular flexibility index (Phi) is 5.12. The fourth-order valence-electron chi connectivity index (χ4n) is 2.53. The van der Waals surface area contributed by atoms with Gasteiger partial charge in [-0.25, -0.2) is 4.98 Å². The highest BCUT2D eigenvalue weighted by molar-refractivity contribution is 5.95. The first-order chi connectivity index (χ1) is 13.3. The van der Waals surface area contributed by atoms with Gasteiger partial charge in [-0.3, -0.25) is 14.9 Å². The minimum Gasteiger partial charge on any atom is -0.348 e. The van der Waals surface area contributed by atoms with Crippen LogP contribution in [0.1, 0.15) is 21.5 Å². The number of nitro benzene ring substituents is 1. The van der Waals surface area contributed by atoms with Crippen LogP contribution in [-0.4, -0.2) is 20.4 Å². The monoisotopic (exact) mass is 390 g/mol. The third-order valence-corrected chi connectivity index (χ3v) is 3.95. The molecular formula is C18H13F3N4O3. The number of benzene rings is 2. The predicted octanol–water partition coefficient (Wildman–Crippen LogP) is 3.73. The summed E-state index contributed by atoms with van der Waals surface area (Å²) < 4.78 is 39.1. The van der Waals surface area contributed by atoms with Crippen molar-refractivity contribution in [1.82, 2.24) is 14.9 Å². The fraction of sp³-hybridized carbons (Fsp3) is 0.111. The van der Waals surface area contributed by atoms with E-state index in [0.29, 0.717) is 5.56 Å². The lowest BCUT2D eigenvalue weighted by molar-refractivity contribution is -0.384. The van der Waals surface area contributed by atoms with Crippen molar-refractivity contribution in [3.63, 3.8) is 0 Å². The van der Waals surface area contributed by atoms with Gasteiger partial charge in [0.2, 0.25) is 0 Å². The van der Waals surface area contributed by atoms with Crippen LogP contribution in [0, 0.1) is 10.1 Å². The maximum Gasteiger partial charge on any atom is 0.416 e. The van der Waals surface area contributed by atoms with E-state index in [1.165, 1.54) is 47.6 Å². The summed E-state index contributed by atoms with van der Waals surface area (Å²) in [7, 11) is 0. The molecule has 0 aliphatic carbocycles. The molecule has 3 rings (SSSR count). The highest BCUT2D eigenvalue weighted by Gasteiger charge is 2.29. The Morgan fingerprint density at radius 3 is 2.46 bits per heavy atom. The first-order valence-electron chi connectivity index (χ1n) is 7.97. The Morgan fingerprint density at radius 2 is 1.89 bits per heavy atom. The third-order valence-electron chi connectivity index (χ3n) is 3.95. The van der Waals surface area contributed by atoms with Gasteiger partial charge in [-0.2, -0.15) is 13.2 Å². The van der Waals surface area contributed by atoms with Crippen molar-refractivity contribution >= 4 is 11.6 Å². The average Bonchev–Trinajstić information content (AvgIpc) is 3.19. The van der Waals surface area contributed by atoms with Gasteiger partial charge in [0.1, 0.15) is 5.69 Å². The molecule has 0 aliphatic rings. The van der Waals surface area contributed by atoms with E-state index in [1.54, 1.807) is 0 Å². The van der Waals surface area contributed by atoms with Gasteiger partial charge in [0.25, 0.3) is 11.6 Å². The van der Waals surface area contributed by atoms with Gasteiger partial charge >= 0.3 is 6.18 Å². The zero-order chi connectivity index (χ0) is 20.3. The first kappa shape index (κ1) is 19.1. The van der Waals surface area contributed by atoms with Crippen LogP contribution < -0.4 is 5.32 Å². The number of imidazole rings is 1. The Morgan fingerprint density at radius 1 is 1.18 bits per heavy atom. The van der Waals surface area contributed by atoms with Crippen molar-refractivity contribution in [2.24, 2.45) is 0 Å². The number of rotatable bonds is 5. The molecule has 0 saturated heterocycles. The lowest BCUT2D eigenvalue weighted by atomic mass is 10.1. The van der Waals surface area contributed by atoms with Crippen molar-refractivity contribution in [2.45, 2.75) is 12.7 Å². The summed E-state index contributed by atoms with van der Waals surface area (Å²) in [5, 5.41) is 13.9. The summed E-state index contributed by atoms with van der Waals surface area (Å²) in [6, 6.07) is 8.34. The highest BCUT2D eigenvalue weighted by atomic mass is 19.4. The molecule has 0 fully saturated rings. The van der Waals surface area contributed by atoms with E-state index < -0.39 is 22.6 Å². The van der Waals surface area contributed by atoms with Gasteiger partial charge < -0.3 is 9.88 Å². The number of carbonyl (C=O) groups is 1. The lowest BCUT2D eigenvalue weighted by Gasteiger charge is -2.09. The Bertz CT molecular complexity index is 1000. The molecule has 2 aromatic carbocycles.